The van der Waals surface area contributed by atoms with Crippen LogP contribution < -0.4 is 5.32 Å². The van der Waals surface area contributed by atoms with Gasteiger partial charge < -0.3 is 20.3 Å². The van der Waals surface area contributed by atoms with E-state index in [9.17, 15) is 19.8 Å². The predicted octanol–water partition coefficient (Wildman–Crippen LogP) is 14.3. The van der Waals surface area contributed by atoms with E-state index in [0.717, 1.165) is 70.6 Å². The number of aliphatic hydroxyl groups excluding tert-OH is 2. The van der Waals surface area contributed by atoms with Gasteiger partial charge in [-0.05, 0) is 89.5 Å². The minimum atomic E-state index is -0.833. The van der Waals surface area contributed by atoms with E-state index < -0.39 is 18.2 Å². The molecule has 3 atom stereocenters. The zero-order valence-electron chi connectivity index (χ0n) is 38.5. The Kier molecular flexibility index (Phi) is 43.9. The van der Waals surface area contributed by atoms with Crippen molar-refractivity contribution >= 4 is 11.9 Å². The molecule has 0 heterocycles. The molecule has 3 N–H and O–H groups in total. The van der Waals surface area contributed by atoms with E-state index in [4.69, 9.17) is 4.74 Å². The van der Waals surface area contributed by atoms with Crippen molar-refractivity contribution in [3.63, 3.8) is 0 Å². The third kappa shape index (κ3) is 41.3. The van der Waals surface area contributed by atoms with Crippen LogP contribution >= 0.6 is 0 Å². The number of aliphatic hydroxyl groups is 2. The van der Waals surface area contributed by atoms with Gasteiger partial charge in [-0.25, -0.2) is 0 Å². The number of rotatable bonds is 41. The molecule has 6 nitrogen and oxygen atoms in total. The summed E-state index contributed by atoms with van der Waals surface area (Å²) in [7, 11) is 0. The molecule has 0 aliphatic rings. The zero-order valence-corrected chi connectivity index (χ0v) is 38.5. The van der Waals surface area contributed by atoms with E-state index in [2.05, 4.69) is 123 Å². The fourth-order valence-electron chi connectivity index (χ4n) is 6.44. The Bertz CT molecular complexity index is 1250. The van der Waals surface area contributed by atoms with E-state index in [1.165, 1.54) is 70.6 Å². The summed E-state index contributed by atoms with van der Waals surface area (Å²) in [6.45, 7) is 6.25. The van der Waals surface area contributed by atoms with Gasteiger partial charge in [0.1, 0.15) is 6.10 Å². The van der Waals surface area contributed by atoms with Gasteiger partial charge in [0, 0.05) is 6.42 Å². The highest BCUT2D eigenvalue weighted by Crippen LogP contribution is 2.14. The maximum Gasteiger partial charge on any atom is 0.306 e. The van der Waals surface area contributed by atoms with Crippen molar-refractivity contribution in [2.75, 3.05) is 6.61 Å². The van der Waals surface area contributed by atoms with Crippen LogP contribution in [0.3, 0.4) is 0 Å². The highest BCUT2D eigenvalue weighted by atomic mass is 16.5. The monoisotopic (exact) mass is 832 g/mol. The lowest BCUT2D eigenvalue weighted by Crippen LogP contribution is -2.46. The lowest BCUT2D eigenvalue weighted by Gasteiger charge is -2.23. The van der Waals surface area contributed by atoms with Gasteiger partial charge in [0.15, 0.2) is 0 Å². The lowest BCUT2D eigenvalue weighted by atomic mass is 10.0. The molecule has 0 aliphatic carbocycles. The largest absolute Gasteiger partial charge is 0.458 e. The number of ether oxygens (including phenoxy) is 1. The molecule has 0 aromatic carbocycles. The fourth-order valence-corrected chi connectivity index (χ4v) is 6.44. The molecule has 0 bridgehead atoms. The van der Waals surface area contributed by atoms with E-state index >= 15 is 0 Å². The topological polar surface area (TPSA) is 95.9 Å². The number of nitrogens with one attached hydrogen (secondary N) is 1. The van der Waals surface area contributed by atoms with Crippen LogP contribution in [0.25, 0.3) is 0 Å². The van der Waals surface area contributed by atoms with E-state index in [1.807, 2.05) is 6.08 Å². The number of carbonyl (C=O) groups is 2. The molecule has 1 amide bonds. The summed E-state index contributed by atoms with van der Waals surface area (Å²) in [5, 5.41) is 23.6. The summed E-state index contributed by atoms with van der Waals surface area (Å²) >= 11 is 0. The van der Waals surface area contributed by atoms with Crippen molar-refractivity contribution in [2.45, 2.75) is 212 Å². The van der Waals surface area contributed by atoms with Crippen LogP contribution in [0.1, 0.15) is 194 Å². The van der Waals surface area contributed by atoms with Gasteiger partial charge in [0.25, 0.3) is 0 Å². The van der Waals surface area contributed by atoms with Gasteiger partial charge >= 0.3 is 5.97 Å². The Morgan fingerprint density at radius 2 is 0.933 bits per heavy atom. The Morgan fingerprint density at radius 1 is 0.517 bits per heavy atom. The molecule has 0 aliphatic heterocycles. The number of unbranched alkanes of at least 4 members (excludes halogenated alkanes) is 13. The number of esters is 1. The van der Waals surface area contributed by atoms with Crippen molar-refractivity contribution in [3.8, 4) is 0 Å². The van der Waals surface area contributed by atoms with E-state index in [0.29, 0.717) is 19.3 Å². The first-order valence-electron chi connectivity index (χ1n) is 24.1. The van der Waals surface area contributed by atoms with Crippen molar-refractivity contribution in [3.05, 3.63) is 109 Å². The van der Waals surface area contributed by atoms with Gasteiger partial charge in [0.05, 0.1) is 25.2 Å². The highest BCUT2D eigenvalue weighted by Gasteiger charge is 2.23. The average molecular weight is 832 g/mol. The second-order valence-corrected chi connectivity index (χ2v) is 15.8. The molecule has 60 heavy (non-hydrogen) atoms. The molecule has 0 aromatic heterocycles. The summed E-state index contributed by atoms with van der Waals surface area (Å²) in [5.41, 5.74) is 0. The second-order valence-electron chi connectivity index (χ2n) is 15.8. The van der Waals surface area contributed by atoms with E-state index in [1.54, 1.807) is 6.08 Å². The maximum absolute atomic E-state index is 13.1. The van der Waals surface area contributed by atoms with Crippen molar-refractivity contribution in [1.29, 1.82) is 0 Å². The summed E-state index contributed by atoms with van der Waals surface area (Å²) in [6, 6.07) is -0.758. The van der Waals surface area contributed by atoms with Gasteiger partial charge in [-0.3, -0.25) is 9.59 Å². The summed E-state index contributed by atoms with van der Waals surface area (Å²) in [4.78, 5) is 26.0. The van der Waals surface area contributed by atoms with Crippen LogP contribution in [0.4, 0.5) is 0 Å². The molecule has 340 valence electrons. The second kappa shape index (κ2) is 46.6. The molecular weight excluding hydrogens is 743 g/mol. The summed E-state index contributed by atoms with van der Waals surface area (Å²) < 4.78 is 5.77. The molecular formula is C54H89NO5. The number of allylic oxidation sites excluding steroid dienone is 17. The van der Waals surface area contributed by atoms with Crippen LogP contribution in [-0.2, 0) is 14.3 Å². The Hall–Kier alpha value is -3.48. The molecule has 0 saturated carbocycles. The molecule has 0 rings (SSSR count). The maximum atomic E-state index is 13.1. The average Bonchev–Trinajstić information content (AvgIpc) is 3.24. The van der Waals surface area contributed by atoms with Gasteiger partial charge in [0.2, 0.25) is 5.91 Å². The Morgan fingerprint density at radius 3 is 1.42 bits per heavy atom. The number of hydrogen-bond donors (Lipinski definition) is 3. The van der Waals surface area contributed by atoms with Crippen molar-refractivity contribution in [2.24, 2.45) is 0 Å². The molecule has 0 saturated heterocycles. The third-order valence-electron chi connectivity index (χ3n) is 10.1. The minimum absolute atomic E-state index is 0.0743. The molecule has 0 spiro atoms. The predicted molar refractivity (Wildman–Crippen MR) is 259 cm³/mol. The Balaban J connectivity index is 4.87. The summed E-state index contributed by atoms with van der Waals surface area (Å²) in [5.74, 6) is -0.708. The number of hydrogen-bond acceptors (Lipinski definition) is 5. The van der Waals surface area contributed by atoms with Gasteiger partial charge in [-0.1, -0.05) is 201 Å². The minimum Gasteiger partial charge on any atom is -0.458 e. The van der Waals surface area contributed by atoms with E-state index in [-0.39, 0.29) is 31.3 Å². The molecule has 0 aromatic rings. The third-order valence-corrected chi connectivity index (χ3v) is 10.1. The van der Waals surface area contributed by atoms with Crippen LogP contribution in [0.15, 0.2) is 109 Å². The van der Waals surface area contributed by atoms with Crippen LogP contribution in [0.5, 0.6) is 0 Å². The fraction of sp³-hybridized carbons (Fsp3) is 0.630. The standard InChI is InChI=1S/C54H89NO5/c1-4-7-10-13-16-19-22-24-26-27-28-30-32-35-38-41-44-47-54(59)60-50(45-42-39-36-33-31-29-25-23-20-17-14-11-8-5-2)48-53(58)55-51(49-56)52(57)46-43-40-37-34-21-18-15-12-9-6-3/h8,11,16-17,19-20,24-26,28-30,33,35-36,38,42,45,50-52,56-57H,4-7,9-10,12-15,18,21-23,27,31-32,34,37,39-41,43-44,46-49H2,1-3H3,(H,55,58)/b11-8+,19-16-,20-17+,26-24-,29-25+,30-28-,36-33+,38-35-,45-42+. The molecule has 6 heteroatoms. The smallest absolute Gasteiger partial charge is 0.306 e. The zero-order chi connectivity index (χ0) is 43.8. The molecule has 3 unspecified atom stereocenters. The van der Waals surface area contributed by atoms with Gasteiger partial charge in [-0.15, -0.1) is 0 Å². The van der Waals surface area contributed by atoms with Crippen molar-refractivity contribution in [1.82, 2.24) is 5.32 Å². The first kappa shape index (κ1) is 56.5. The number of carbonyl (C=O) groups excluding carboxylic acids is 2. The van der Waals surface area contributed by atoms with Gasteiger partial charge in [-0.2, -0.15) is 0 Å². The molecule has 0 radical (unpaired) electrons. The SMILES string of the molecule is CC/C=C/C/C=C/C/C=C/C/C=C/C/C=C/C(CC(=O)NC(CO)C(O)CCCCCCCCCCCC)OC(=O)CCC/C=C\C/C=C\C/C=C\C/C=C\CCCCC. The quantitative estimate of drug-likeness (QED) is 0.0324. The van der Waals surface area contributed by atoms with Crippen LogP contribution in [0, 0.1) is 0 Å². The first-order valence-corrected chi connectivity index (χ1v) is 24.1. The summed E-state index contributed by atoms with van der Waals surface area (Å²) in [6.07, 6.45) is 63.2. The molecule has 0 fully saturated rings. The first-order chi connectivity index (χ1) is 29.5. The Labute approximate surface area is 368 Å². The normalized spacial score (nSPS) is 14.3. The van der Waals surface area contributed by atoms with Crippen LogP contribution in [-0.4, -0.2) is 46.9 Å². The van der Waals surface area contributed by atoms with Crippen LogP contribution in [0.2, 0.25) is 0 Å². The van der Waals surface area contributed by atoms with Crippen molar-refractivity contribution < 1.29 is 24.5 Å². The lowest BCUT2D eigenvalue weighted by molar-refractivity contribution is -0.148. The number of amides is 1. The highest BCUT2D eigenvalue weighted by molar-refractivity contribution is 5.78.